The van der Waals surface area contributed by atoms with Gasteiger partial charge in [-0.15, -0.1) is 0 Å². The molecule has 5 heteroatoms. The average Bonchev–Trinajstić information content (AvgIpc) is 2.61. The molecule has 1 fully saturated rings. The van der Waals surface area contributed by atoms with Crippen molar-refractivity contribution in [2.45, 2.75) is 12.8 Å². The van der Waals surface area contributed by atoms with E-state index in [1.807, 2.05) is 17.0 Å². The third-order valence-electron chi connectivity index (χ3n) is 4.37. The molecule has 24 heavy (non-hydrogen) atoms. The summed E-state index contributed by atoms with van der Waals surface area (Å²) >= 11 is 0. The number of nitriles is 1. The van der Waals surface area contributed by atoms with Gasteiger partial charge in [0.05, 0.1) is 12.3 Å². The molecule has 1 aliphatic heterocycles. The van der Waals surface area contributed by atoms with E-state index < -0.39 is 5.82 Å². The molecule has 3 nitrogen and oxygen atoms in total. The van der Waals surface area contributed by atoms with Gasteiger partial charge in [0, 0.05) is 13.1 Å². The summed E-state index contributed by atoms with van der Waals surface area (Å²) in [5, 5.41) is 9.01. The molecule has 0 atom stereocenters. The van der Waals surface area contributed by atoms with E-state index in [1.165, 1.54) is 18.2 Å². The number of para-hydroxylation sites is 1. The number of benzene rings is 2. The molecular weight excluding hydrogens is 310 g/mol. The van der Waals surface area contributed by atoms with E-state index in [4.69, 9.17) is 10.00 Å². The van der Waals surface area contributed by atoms with Crippen LogP contribution < -0.4 is 9.64 Å². The smallest absolute Gasteiger partial charge is 0.146 e. The van der Waals surface area contributed by atoms with Crippen LogP contribution in [0.5, 0.6) is 5.75 Å². The van der Waals surface area contributed by atoms with Crippen molar-refractivity contribution in [2.24, 2.45) is 5.92 Å². The minimum atomic E-state index is -0.565. The van der Waals surface area contributed by atoms with Crippen molar-refractivity contribution in [1.82, 2.24) is 0 Å². The molecule has 0 radical (unpaired) electrons. The monoisotopic (exact) mass is 328 g/mol. The third-order valence-corrected chi connectivity index (χ3v) is 4.37. The minimum absolute atomic E-state index is 0.0544. The van der Waals surface area contributed by atoms with Crippen LogP contribution in [0.3, 0.4) is 0 Å². The zero-order valence-electron chi connectivity index (χ0n) is 13.2. The molecule has 1 saturated heterocycles. The number of anilines is 1. The second kappa shape index (κ2) is 7.31. The van der Waals surface area contributed by atoms with Crippen LogP contribution in [-0.2, 0) is 0 Å². The van der Waals surface area contributed by atoms with E-state index >= 15 is 0 Å². The summed E-state index contributed by atoms with van der Waals surface area (Å²) in [5.41, 5.74) is 0.579. The summed E-state index contributed by atoms with van der Waals surface area (Å²) in [4.78, 5) is 2.04. The van der Waals surface area contributed by atoms with E-state index in [-0.39, 0.29) is 17.1 Å². The first kappa shape index (κ1) is 16.3. The number of halogens is 2. The Morgan fingerprint density at radius 2 is 1.75 bits per heavy atom. The second-order valence-corrected chi connectivity index (χ2v) is 5.92. The molecule has 1 heterocycles. The highest BCUT2D eigenvalue weighted by Crippen LogP contribution is 2.27. The summed E-state index contributed by atoms with van der Waals surface area (Å²) < 4.78 is 33.0. The van der Waals surface area contributed by atoms with Crippen LogP contribution in [0.15, 0.2) is 42.5 Å². The maximum Gasteiger partial charge on any atom is 0.146 e. The number of nitrogens with zero attached hydrogens (tertiary/aromatic N) is 2. The quantitative estimate of drug-likeness (QED) is 0.846. The van der Waals surface area contributed by atoms with E-state index in [0.717, 1.165) is 25.9 Å². The molecule has 0 N–H and O–H groups in total. The molecule has 0 aromatic heterocycles. The Balaban J connectivity index is 1.56. The Kier molecular flexibility index (Phi) is 4.95. The number of hydrogen-bond donors (Lipinski definition) is 0. The van der Waals surface area contributed by atoms with Gasteiger partial charge in [-0.1, -0.05) is 18.2 Å². The Morgan fingerprint density at radius 3 is 2.46 bits per heavy atom. The van der Waals surface area contributed by atoms with Crippen molar-refractivity contribution in [1.29, 1.82) is 5.26 Å². The lowest BCUT2D eigenvalue weighted by Crippen LogP contribution is -2.36. The van der Waals surface area contributed by atoms with Crippen molar-refractivity contribution in [2.75, 3.05) is 24.6 Å². The summed E-state index contributed by atoms with van der Waals surface area (Å²) in [6.07, 6.45) is 1.73. The average molecular weight is 328 g/mol. The van der Waals surface area contributed by atoms with Gasteiger partial charge < -0.3 is 9.64 Å². The van der Waals surface area contributed by atoms with Gasteiger partial charge in [-0.25, -0.2) is 8.78 Å². The predicted octanol–water partition coefficient (Wildman–Crippen LogP) is 4.13. The van der Waals surface area contributed by atoms with Crippen LogP contribution in [0.25, 0.3) is 0 Å². The van der Waals surface area contributed by atoms with Crippen molar-refractivity contribution >= 4 is 5.69 Å². The van der Waals surface area contributed by atoms with Gasteiger partial charge in [-0.2, -0.15) is 5.26 Å². The molecule has 2 aromatic rings. The number of rotatable bonds is 4. The standard InChI is InChI=1S/C19H18F2N2O/c20-16-5-3-7-19(15(16)12-22)24-13-14-8-10-23(11-9-14)18-6-2-1-4-17(18)21/h1-7,14H,8-11,13H2. The van der Waals surface area contributed by atoms with E-state index in [2.05, 4.69) is 0 Å². The Bertz CT molecular complexity index is 749. The van der Waals surface area contributed by atoms with Gasteiger partial charge >= 0.3 is 0 Å². The van der Waals surface area contributed by atoms with Crippen molar-refractivity contribution in [3.63, 3.8) is 0 Å². The van der Waals surface area contributed by atoms with Crippen molar-refractivity contribution in [3.8, 4) is 11.8 Å². The highest BCUT2D eigenvalue weighted by atomic mass is 19.1. The van der Waals surface area contributed by atoms with Crippen LogP contribution in [-0.4, -0.2) is 19.7 Å². The highest BCUT2D eigenvalue weighted by Gasteiger charge is 2.22. The predicted molar refractivity (Wildman–Crippen MR) is 87.9 cm³/mol. The number of ether oxygens (including phenoxy) is 1. The normalized spacial score (nSPS) is 15.1. The number of piperidine rings is 1. The maximum absolute atomic E-state index is 13.8. The van der Waals surface area contributed by atoms with Crippen LogP contribution in [0.1, 0.15) is 18.4 Å². The number of hydrogen-bond acceptors (Lipinski definition) is 3. The molecule has 124 valence electrons. The van der Waals surface area contributed by atoms with E-state index in [9.17, 15) is 8.78 Å². The Morgan fingerprint density at radius 1 is 1.04 bits per heavy atom. The van der Waals surface area contributed by atoms with Gasteiger partial charge in [-0.3, -0.25) is 0 Å². The molecule has 0 unspecified atom stereocenters. The molecule has 2 aromatic carbocycles. The topological polar surface area (TPSA) is 36.3 Å². The largest absolute Gasteiger partial charge is 0.492 e. The molecule has 0 spiro atoms. The first-order valence-electron chi connectivity index (χ1n) is 8.00. The lowest BCUT2D eigenvalue weighted by molar-refractivity contribution is 0.221. The van der Waals surface area contributed by atoms with E-state index in [1.54, 1.807) is 18.2 Å². The highest BCUT2D eigenvalue weighted by molar-refractivity contribution is 5.48. The lowest BCUT2D eigenvalue weighted by Gasteiger charge is -2.33. The van der Waals surface area contributed by atoms with Crippen LogP contribution in [0, 0.1) is 28.9 Å². The molecule has 0 aliphatic carbocycles. The summed E-state index contributed by atoms with van der Waals surface area (Å²) in [6.45, 7) is 1.94. The third kappa shape index (κ3) is 3.48. The van der Waals surface area contributed by atoms with Gasteiger partial charge in [0.1, 0.15) is 29.0 Å². The molecule has 1 aliphatic rings. The van der Waals surface area contributed by atoms with Crippen LogP contribution in [0.4, 0.5) is 14.5 Å². The fourth-order valence-electron chi connectivity index (χ4n) is 2.99. The summed E-state index contributed by atoms with van der Waals surface area (Å²) in [6, 6.07) is 13.0. The van der Waals surface area contributed by atoms with Crippen LogP contribution in [0.2, 0.25) is 0 Å². The zero-order valence-corrected chi connectivity index (χ0v) is 13.2. The molecule has 0 saturated carbocycles. The van der Waals surface area contributed by atoms with Gasteiger partial charge in [0.2, 0.25) is 0 Å². The Labute approximate surface area is 140 Å². The second-order valence-electron chi connectivity index (χ2n) is 5.92. The minimum Gasteiger partial charge on any atom is -0.492 e. The molecule has 0 bridgehead atoms. The fraction of sp³-hybridized carbons (Fsp3) is 0.316. The molecule has 3 rings (SSSR count). The zero-order chi connectivity index (χ0) is 16.9. The van der Waals surface area contributed by atoms with Gasteiger partial charge in [0.15, 0.2) is 0 Å². The maximum atomic E-state index is 13.8. The molecular formula is C19H18F2N2O. The summed E-state index contributed by atoms with van der Waals surface area (Å²) in [5.74, 6) is -0.174. The SMILES string of the molecule is N#Cc1c(F)cccc1OCC1CCN(c2ccccc2F)CC1. The van der Waals surface area contributed by atoms with Gasteiger partial charge in [-0.05, 0) is 43.0 Å². The Hall–Kier alpha value is -2.61. The fourth-order valence-corrected chi connectivity index (χ4v) is 2.99. The van der Waals surface area contributed by atoms with Gasteiger partial charge in [0.25, 0.3) is 0 Å². The first-order valence-corrected chi connectivity index (χ1v) is 8.00. The summed E-state index contributed by atoms with van der Waals surface area (Å²) in [7, 11) is 0. The van der Waals surface area contributed by atoms with Crippen LogP contribution >= 0.6 is 0 Å². The lowest BCUT2D eigenvalue weighted by atomic mass is 9.97. The van der Waals surface area contributed by atoms with E-state index in [0.29, 0.717) is 18.2 Å². The first-order chi connectivity index (χ1) is 11.7. The van der Waals surface area contributed by atoms with Crippen molar-refractivity contribution in [3.05, 3.63) is 59.7 Å². The van der Waals surface area contributed by atoms with Crippen molar-refractivity contribution < 1.29 is 13.5 Å². The molecule has 0 amide bonds.